The largest absolute Gasteiger partial charge is 0.342 e. The van der Waals surface area contributed by atoms with Crippen molar-refractivity contribution in [3.63, 3.8) is 0 Å². The molecule has 2 rings (SSSR count). The van der Waals surface area contributed by atoms with E-state index in [1.165, 1.54) is 0 Å². The highest BCUT2D eigenvalue weighted by molar-refractivity contribution is 7.84. The number of hydrogen-bond donors (Lipinski definition) is 1. The van der Waals surface area contributed by atoms with E-state index in [-0.39, 0.29) is 4.64 Å². The first kappa shape index (κ1) is 13.6. The summed E-state index contributed by atoms with van der Waals surface area (Å²) >= 11 is 5.09. The van der Waals surface area contributed by atoms with Crippen molar-refractivity contribution >= 4 is 23.0 Å². The fourth-order valence-corrected chi connectivity index (χ4v) is 2.47. The molecule has 0 saturated heterocycles. The van der Waals surface area contributed by atoms with Crippen molar-refractivity contribution in [3.05, 3.63) is 40.2 Å². The van der Waals surface area contributed by atoms with Crippen molar-refractivity contribution in [2.45, 2.75) is 11.8 Å². The molecule has 0 fully saturated rings. The van der Waals surface area contributed by atoms with E-state index in [4.69, 9.17) is 17.5 Å². The van der Waals surface area contributed by atoms with Gasteiger partial charge in [0.25, 0.3) is 0 Å². The van der Waals surface area contributed by atoms with Crippen LogP contribution in [0.2, 0.25) is 0 Å². The molecular weight excluding hydrogens is 278 g/mol. The van der Waals surface area contributed by atoms with Gasteiger partial charge in [0.2, 0.25) is 0 Å². The van der Waals surface area contributed by atoms with Crippen LogP contribution in [0.25, 0.3) is 11.4 Å². The van der Waals surface area contributed by atoms with E-state index >= 15 is 0 Å². The van der Waals surface area contributed by atoms with E-state index < -0.39 is 10.8 Å². The zero-order chi connectivity index (χ0) is 14.0. The fourth-order valence-electron chi connectivity index (χ4n) is 1.66. The van der Waals surface area contributed by atoms with Crippen molar-refractivity contribution in [3.8, 4) is 17.5 Å². The Morgan fingerprint density at radius 2 is 2.00 bits per heavy atom. The van der Waals surface area contributed by atoms with Gasteiger partial charge in [-0.25, -0.2) is 4.98 Å². The number of nitrogens with zero attached hydrogens (tertiary/aromatic N) is 2. The molecule has 1 aromatic carbocycles. The molecule has 1 unspecified atom stereocenters. The molecule has 0 radical (unpaired) electrons. The molecule has 0 amide bonds. The molecule has 2 aromatic rings. The van der Waals surface area contributed by atoms with Crippen molar-refractivity contribution < 1.29 is 4.21 Å². The minimum absolute atomic E-state index is 0.289. The lowest BCUT2D eigenvalue weighted by molar-refractivity contribution is 0.687. The molecule has 0 saturated carbocycles. The first-order chi connectivity index (χ1) is 9.02. The number of aromatic amines is 1. The summed E-state index contributed by atoms with van der Waals surface area (Å²) in [7, 11) is -1.00. The van der Waals surface area contributed by atoms with Gasteiger partial charge in [-0.15, -0.1) is 0 Å². The smallest absolute Gasteiger partial charge is 0.148 e. The maximum atomic E-state index is 11.3. The standard InChI is InChI=1S/C13H11N3OS2/c1-8-11(7-14)13(18)16-12(15-8)9-3-5-10(6-4-9)19(2)17/h3-6H,1-2H3,(H,15,16,18). The van der Waals surface area contributed by atoms with Crippen molar-refractivity contribution in [2.75, 3.05) is 6.26 Å². The molecular formula is C13H11N3OS2. The zero-order valence-corrected chi connectivity index (χ0v) is 12.1. The van der Waals surface area contributed by atoms with Gasteiger partial charge in [0.05, 0.1) is 0 Å². The maximum absolute atomic E-state index is 11.3. The van der Waals surface area contributed by atoms with Gasteiger partial charge in [0, 0.05) is 33.2 Å². The van der Waals surface area contributed by atoms with Crippen molar-refractivity contribution in [1.82, 2.24) is 9.97 Å². The Kier molecular flexibility index (Phi) is 3.88. The topological polar surface area (TPSA) is 69.5 Å². The molecule has 4 nitrogen and oxygen atoms in total. The molecule has 0 aliphatic rings. The fraction of sp³-hybridized carbons (Fsp3) is 0.154. The Balaban J connectivity index is 2.51. The van der Waals surface area contributed by atoms with Crippen LogP contribution >= 0.6 is 12.2 Å². The van der Waals surface area contributed by atoms with Crippen molar-refractivity contribution in [1.29, 1.82) is 5.26 Å². The number of nitriles is 1. The predicted molar refractivity (Wildman–Crippen MR) is 76.6 cm³/mol. The summed E-state index contributed by atoms with van der Waals surface area (Å²) < 4.78 is 11.6. The summed E-state index contributed by atoms with van der Waals surface area (Å²) in [5, 5.41) is 8.95. The number of rotatable bonds is 2. The highest BCUT2D eigenvalue weighted by Gasteiger charge is 2.07. The Labute approximate surface area is 118 Å². The summed E-state index contributed by atoms with van der Waals surface area (Å²) in [6.45, 7) is 1.79. The first-order valence-corrected chi connectivity index (χ1v) is 7.44. The second kappa shape index (κ2) is 5.43. The lowest BCUT2D eigenvalue weighted by atomic mass is 10.2. The van der Waals surface area contributed by atoms with E-state index in [1.54, 1.807) is 25.3 Å². The Hall–Kier alpha value is -1.84. The number of hydrogen-bond acceptors (Lipinski definition) is 4. The third-order valence-electron chi connectivity index (χ3n) is 2.68. The van der Waals surface area contributed by atoms with Crippen LogP contribution in [0, 0.1) is 22.9 Å². The van der Waals surface area contributed by atoms with Gasteiger partial charge < -0.3 is 4.98 Å². The van der Waals surface area contributed by atoms with Crippen LogP contribution in [0.1, 0.15) is 11.3 Å². The average Bonchev–Trinajstić information content (AvgIpc) is 2.38. The summed E-state index contributed by atoms with van der Waals surface area (Å²) in [6, 6.07) is 9.26. The van der Waals surface area contributed by atoms with Gasteiger partial charge in [-0.1, -0.05) is 24.4 Å². The molecule has 1 heterocycles. The lowest BCUT2D eigenvalue weighted by Crippen LogP contribution is -1.97. The summed E-state index contributed by atoms with van der Waals surface area (Å²) in [5.41, 5.74) is 1.93. The number of nitrogens with one attached hydrogen (secondary N) is 1. The molecule has 0 aliphatic carbocycles. The van der Waals surface area contributed by atoms with Crippen LogP contribution in [0.5, 0.6) is 0 Å². The van der Waals surface area contributed by atoms with Crippen LogP contribution in [-0.4, -0.2) is 20.4 Å². The molecule has 0 spiro atoms. The van der Waals surface area contributed by atoms with Gasteiger partial charge in [-0.05, 0) is 19.1 Å². The van der Waals surface area contributed by atoms with Gasteiger partial charge in [0.15, 0.2) is 0 Å². The third-order valence-corrected chi connectivity index (χ3v) is 3.91. The Morgan fingerprint density at radius 1 is 1.37 bits per heavy atom. The van der Waals surface area contributed by atoms with Crippen molar-refractivity contribution in [2.24, 2.45) is 0 Å². The van der Waals surface area contributed by atoms with Crippen LogP contribution in [0.3, 0.4) is 0 Å². The molecule has 1 N–H and O–H groups in total. The van der Waals surface area contributed by atoms with Gasteiger partial charge in [-0.2, -0.15) is 5.26 Å². The van der Waals surface area contributed by atoms with Crippen LogP contribution < -0.4 is 0 Å². The van der Waals surface area contributed by atoms with Crippen LogP contribution in [0.15, 0.2) is 29.2 Å². The SMILES string of the molecule is Cc1[nH]c(-c2ccc(S(C)=O)cc2)nc(=S)c1C#N. The summed E-state index contributed by atoms with van der Waals surface area (Å²) in [6.07, 6.45) is 1.63. The third kappa shape index (κ3) is 2.78. The number of benzene rings is 1. The Morgan fingerprint density at radius 3 is 2.47 bits per heavy atom. The quantitative estimate of drug-likeness (QED) is 0.863. The van der Waals surface area contributed by atoms with Crippen LogP contribution in [-0.2, 0) is 10.8 Å². The highest BCUT2D eigenvalue weighted by atomic mass is 32.2. The monoisotopic (exact) mass is 289 g/mol. The second-order valence-corrected chi connectivity index (χ2v) is 5.75. The van der Waals surface area contributed by atoms with E-state index in [1.807, 2.05) is 18.2 Å². The van der Waals surface area contributed by atoms with Gasteiger partial charge in [-0.3, -0.25) is 4.21 Å². The zero-order valence-electron chi connectivity index (χ0n) is 10.4. The molecule has 96 valence electrons. The molecule has 0 aliphatic heterocycles. The number of H-pyrrole nitrogens is 1. The molecule has 0 bridgehead atoms. The molecule has 19 heavy (non-hydrogen) atoms. The van der Waals surface area contributed by atoms with E-state index in [9.17, 15) is 4.21 Å². The number of aryl methyl sites for hydroxylation is 1. The highest BCUT2D eigenvalue weighted by Crippen LogP contribution is 2.18. The predicted octanol–water partition coefficient (Wildman–Crippen LogP) is 2.72. The van der Waals surface area contributed by atoms with Crippen LogP contribution in [0.4, 0.5) is 0 Å². The number of aromatic nitrogens is 2. The average molecular weight is 289 g/mol. The molecule has 6 heteroatoms. The minimum Gasteiger partial charge on any atom is -0.342 e. The summed E-state index contributed by atoms with van der Waals surface area (Å²) in [5.74, 6) is 0.606. The van der Waals surface area contributed by atoms with Gasteiger partial charge >= 0.3 is 0 Å². The van der Waals surface area contributed by atoms with E-state index in [2.05, 4.69) is 9.97 Å². The Bertz CT molecular complexity index is 742. The van der Waals surface area contributed by atoms with E-state index in [0.717, 1.165) is 10.5 Å². The minimum atomic E-state index is -1.00. The molecule has 1 atom stereocenters. The normalized spacial score (nSPS) is 11.8. The second-order valence-electron chi connectivity index (χ2n) is 3.98. The lowest BCUT2D eigenvalue weighted by Gasteiger charge is -2.05. The van der Waals surface area contributed by atoms with Gasteiger partial charge in [0.1, 0.15) is 22.1 Å². The van der Waals surface area contributed by atoms with E-state index in [0.29, 0.717) is 17.1 Å². The molecule has 1 aromatic heterocycles. The summed E-state index contributed by atoms with van der Waals surface area (Å²) in [4.78, 5) is 8.02. The maximum Gasteiger partial charge on any atom is 0.148 e. The first-order valence-electron chi connectivity index (χ1n) is 5.48.